The fourth-order valence-corrected chi connectivity index (χ4v) is 3.41. The predicted molar refractivity (Wildman–Crippen MR) is 90.5 cm³/mol. The first-order valence-electron chi connectivity index (χ1n) is 8.81. The lowest BCUT2D eigenvalue weighted by Gasteiger charge is -2.32. The molecule has 1 aliphatic heterocycles. The molecule has 1 aliphatic carbocycles. The molecule has 2 fully saturated rings. The molecular formula is C18H27N3O2. The molecule has 2 heterocycles. The van der Waals surface area contributed by atoms with Crippen LogP contribution in [0.1, 0.15) is 44.1 Å². The van der Waals surface area contributed by atoms with Crippen LogP contribution in [0.15, 0.2) is 18.3 Å². The summed E-state index contributed by atoms with van der Waals surface area (Å²) in [6, 6.07) is 3.73. The normalized spacial score (nSPS) is 20.0. The number of nitrogens with zero attached hydrogens (tertiary/aromatic N) is 2. The number of hydrogen-bond donors (Lipinski definition) is 1. The van der Waals surface area contributed by atoms with Gasteiger partial charge in [0.25, 0.3) is 0 Å². The highest BCUT2D eigenvalue weighted by Gasteiger charge is 2.25. The third kappa shape index (κ3) is 4.67. The first-order chi connectivity index (χ1) is 11.2. The Bertz CT molecular complexity index is 504. The summed E-state index contributed by atoms with van der Waals surface area (Å²) in [4.78, 5) is 18.3. The molecule has 126 valence electrons. The number of rotatable bonds is 4. The Hall–Kier alpha value is -1.62. The number of anilines is 1. The Balaban J connectivity index is 1.39. The average Bonchev–Trinajstić information content (AvgIpc) is 3.09. The number of pyridine rings is 1. The van der Waals surface area contributed by atoms with Gasteiger partial charge in [0.1, 0.15) is 5.82 Å². The Labute approximate surface area is 138 Å². The molecule has 1 saturated heterocycles. The van der Waals surface area contributed by atoms with Gasteiger partial charge in [-0.1, -0.05) is 18.9 Å². The van der Waals surface area contributed by atoms with Crippen LogP contribution in [0.25, 0.3) is 0 Å². The van der Waals surface area contributed by atoms with E-state index in [9.17, 15) is 4.79 Å². The maximum Gasteiger partial charge on any atom is 0.323 e. The molecule has 1 N–H and O–H groups in total. The first kappa shape index (κ1) is 16.2. The highest BCUT2D eigenvalue weighted by molar-refractivity contribution is 5.88. The lowest BCUT2D eigenvalue weighted by molar-refractivity contribution is -0.00115. The summed E-state index contributed by atoms with van der Waals surface area (Å²) in [5.41, 5.74) is 1.09. The molecule has 0 bridgehead atoms. The summed E-state index contributed by atoms with van der Waals surface area (Å²) in [5.74, 6) is 1.38. The minimum absolute atomic E-state index is 0.0596. The van der Waals surface area contributed by atoms with Crippen LogP contribution in [-0.2, 0) is 4.74 Å². The van der Waals surface area contributed by atoms with Gasteiger partial charge in [-0.3, -0.25) is 5.32 Å². The van der Waals surface area contributed by atoms with Gasteiger partial charge in [0.15, 0.2) is 0 Å². The number of carbonyl (C=O) groups is 1. The van der Waals surface area contributed by atoms with Crippen molar-refractivity contribution in [3.05, 3.63) is 23.9 Å². The molecule has 2 aliphatic rings. The van der Waals surface area contributed by atoms with E-state index < -0.39 is 0 Å². The van der Waals surface area contributed by atoms with Crippen molar-refractivity contribution in [1.82, 2.24) is 9.88 Å². The molecule has 1 aromatic rings. The number of nitrogens with one attached hydrogen (secondary N) is 1. The van der Waals surface area contributed by atoms with Gasteiger partial charge in [-0.2, -0.15) is 0 Å². The third-order valence-electron chi connectivity index (χ3n) is 4.92. The fourth-order valence-electron chi connectivity index (χ4n) is 3.41. The molecule has 5 heteroatoms. The van der Waals surface area contributed by atoms with Crippen LogP contribution in [-0.4, -0.2) is 41.7 Å². The number of likely N-dealkylation sites (tertiary alicyclic amines) is 1. The van der Waals surface area contributed by atoms with Crippen molar-refractivity contribution < 1.29 is 9.53 Å². The molecular weight excluding hydrogens is 290 g/mol. The topological polar surface area (TPSA) is 54.5 Å². The number of urea groups is 1. The van der Waals surface area contributed by atoms with Crippen LogP contribution in [0.2, 0.25) is 0 Å². The number of ether oxygens (including phenoxy) is 1. The molecule has 1 saturated carbocycles. The molecule has 2 amide bonds. The SMILES string of the molecule is Cc1ccc(NC(=O)N2CCC(OCC3CCCC3)CC2)nc1. The van der Waals surface area contributed by atoms with E-state index in [1.54, 1.807) is 6.20 Å². The van der Waals surface area contributed by atoms with E-state index in [0.717, 1.165) is 44.0 Å². The second-order valence-electron chi connectivity index (χ2n) is 6.82. The number of aromatic nitrogens is 1. The summed E-state index contributed by atoms with van der Waals surface area (Å²) in [6.07, 6.45) is 9.31. The highest BCUT2D eigenvalue weighted by atomic mass is 16.5. The van der Waals surface area contributed by atoms with E-state index in [1.165, 1.54) is 25.7 Å². The van der Waals surface area contributed by atoms with Crippen LogP contribution >= 0.6 is 0 Å². The number of carbonyl (C=O) groups excluding carboxylic acids is 1. The van der Waals surface area contributed by atoms with Gasteiger partial charge in [-0.25, -0.2) is 9.78 Å². The van der Waals surface area contributed by atoms with E-state index in [-0.39, 0.29) is 6.03 Å². The zero-order valence-corrected chi connectivity index (χ0v) is 14.0. The summed E-state index contributed by atoms with van der Waals surface area (Å²) < 4.78 is 6.06. The minimum Gasteiger partial charge on any atom is -0.378 e. The van der Waals surface area contributed by atoms with Gasteiger partial charge in [-0.05, 0) is 50.2 Å². The van der Waals surface area contributed by atoms with Crippen molar-refractivity contribution in [2.45, 2.75) is 51.6 Å². The van der Waals surface area contributed by atoms with Crippen LogP contribution in [0.5, 0.6) is 0 Å². The zero-order chi connectivity index (χ0) is 16.1. The molecule has 5 nitrogen and oxygen atoms in total. The second-order valence-corrected chi connectivity index (χ2v) is 6.82. The Kier molecular flexibility index (Phi) is 5.49. The van der Waals surface area contributed by atoms with Crippen LogP contribution in [0.4, 0.5) is 10.6 Å². The second kappa shape index (κ2) is 7.77. The van der Waals surface area contributed by atoms with Crippen LogP contribution in [0, 0.1) is 12.8 Å². The molecule has 0 radical (unpaired) electrons. The van der Waals surface area contributed by atoms with Crippen molar-refractivity contribution in [2.24, 2.45) is 5.92 Å². The van der Waals surface area contributed by atoms with Gasteiger partial charge in [0, 0.05) is 25.9 Å². The van der Waals surface area contributed by atoms with Gasteiger partial charge in [0.05, 0.1) is 6.10 Å². The number of aryl methyl sites for hydroxylation is 1. The number of amides is 2. The molecule has 0 atom stereocenters. The number of piperidine rings is 1. The van der Waals surface area contributed by atoms with Crippen molar-refractivity contribution in [3.63, 3.8) is 0 Å². The molecule has 0 aromatic carbocycles. The van der Waals surface area contributed by atoms with E-state index in [1.807, 2.05) is 24.0 Å². The van der Waals surface area contributed by atoms with E-state index in [0.29, 0.717) is 11.9 Å². The predicted octanol–water partition coefficient (Wildman–Crippen LogP) is 3.59. The molecule has 23 heavy (non-hydrogen) atoms. The summed E-state index contributed by atoms with van der Waals surface area (Å²) >= 11 is 0. The number of hydrogen-bond acceptors (Lipinski definition) is 3. The summed E-state index contributed by atoms with van der Waals surface area (Å²) in [6.45, 7) is 4.40. The lowest BCUT2D eigenvalue weighted by atomic mass is 10.1. The van der Waals surface area contributed by atoms with Gasteiger partial charge < -0.3 is 9.64 Å². The van der Waals surface area contributed by atoms with E-state index in [4.69, 9.17) is 4.74 Å². The Morgan fingerprint density at radius 1 is 1.26 bits per heavy atom. The van der Waals surface area contributed by atoms with E-state index >= 15 is 0 Å². The van der Waals surface area contributed by atoms with Crippen LogP contribution < -0.4 is 5.32 Å². The quantitative estimate of drug-likeness (QED) is 0.923. The largest absolute Gasteiger partial charge is 0.378 e. The third-order valence-corrected chi connectivity index (χ3v) is 4.92. The van der Waals surface area contributed by atoms with Crippen molar-refractivity contribution in [3.8, 4) is 0 Å². The Morgan fingerprint density at radius 3 is 2.65 bits per heavy atom. The van der Waals surface area contributed by atoms with Gasteiger partial charge in [0.2, 0.25) is 0 Å². The van der Waals surface area contributed by atoms with Gasteiger partial charge in [-0.15, -0.1) is 0 Å². The van der Waals surface area contributed by atoms with Gasteiger partial charge >= 0.3 is 6.03 Å². The first-order valence-corrected chi connectivity index (χ1v) is 8.81. The van der Waals surface area contributed by atoms with Crippen molar-refractivity contribution in [1.29, 1.82) is 0 Å². The Morgan fingerprint density at radius 2 is 2.00 bits per heavy atom. The molecule has 1 aromatic heterocycles. The molecule has 0 spiro atoms. The van der Waals surface area contributed by atoms with Crippen molar-refractivity contribution in [2.75, 3.05) is 25.0 Å². The maximum absolute atomic E-state index is 12.3. The average molecular weight is 317 g/mol. The van der Waals surface area contributed by atoms with Crippen molar-refractivity contribution >= 4 is 11.8 Å². The monoisotopic (exact) mass is 317 g/mol. The summed E-state index contributed by atoms with van der Waals surface area (Å²) in [7, 11) is 0. The lowest BCUT2D eigenvalue weighted by Crippen LogP contribution is -2.43. The van der Waals surface area contributed by atoms with Crippen LogP contribution in [0.3, 0.4) is 0 Å². The summed E-state index contributed by atoms with van der Waals surface area (Å²) in [5, 5.41) is 2.87. The standard InChI is InChI=1S/C18H27N3O2/c1-14-6-7-17(19-12-14)20-18(22)21-10-8-16(9-11-21)23-13-15-4-2-3-5-15/h6-7,12,15-16H,2-5,8-11,13H2,1H3,(H,19,20,22). The zero-order valence-electron chi connectivity index (χ0n) is 14.0. The smallest absolute Gasteiger partial charge is 0.323 e. The highest BCUT2D eigenvalue weighted by Crippen LogP contribution is 2.26. The molecule has 3 rings (SSSR count). The fraction of sp³-hybridized carbons (Fsp3) is 0.667. The van der Waals surface area contributed by atoms with E-state index in [2.05, 4.69) is 10.3 Å². The molecule has 0 unspecified atom stereocenters. The maximum atomic E-state index is 12.3. The minimum atomic E-state index is -0.0596.